The number of benzene rings is 1. The Morgan fingerprint density at radius 2 is 1.89 bits per heavy atom. The summed E-state index contributed by atoms with van der Waals surface area (Å²) in [5.74, 6) is -0.00207. The SMILES string of the molecule is CC(=O)N1CCc2cc(S(=O)(=O)N3CCC(N4CCNCC4)C3)ccc21.Cl. The Morgan fingerprint density at radius 1 is 1.15 bits per heavy atom. The summed E-state index contributed by atoms with van der Waals surface area (Å²) in [5.41, 5.74) is 1.79. The lowest BCUT2D eigenvalue weighted by Gasteiger charge is -2.32. The lowest BCUT2D eigenvalue weighted by molar-refractivity contribution is -0.116. The molecule has 0 radical (unpaired) electrons. The average molecular weight is 415 g/mol. The fourth-order valence-corrected chi connectivity index (χ4v) is 5.83. The van der Waals surface area contributed by atoms with Gasteiger partial charge in [-0.2, -0.15) is 4.31 Å². The van der Waals surface area contributed by atoms with Gasteiger partial charge in [-0.25, -0.2) is 8.42 Å². The van der Waals surface area contributed by atoms with E-state index in [4.69, 9.17) is 0 Å². The third-order valence-corrected chi connectivity index (χ3v) is 7.62. The largest absolute Gasteiger partial charge is 0.314 e. The van der Waals surface area contributed by atoms with Crippen LogP contribution < -0.4 is 10.2 Å². The Balaban J connectivity index is 0.00000210. The molecule has 2 saturated heterocycles. The molecule has 150 valence electrons. The molecule has 3 aliphatic heterocycles. The van der Waals surface area contributed by atoms with Crippen molar-refractivity contribution in [2.24, 2.45) is 0 Å². The number of halogens is 1. The van der Waals surface area contributed by atoms with E-state index in [0.29, 0.717) is 37.0 Å². The van der Waals surface area contributed by atoms with E-state index in [1.54, 1.807) is 34.3 Å². The Bertz CT molecular complexity index is 811. The highest BCUT2D eigenvalue weighted by atomic mass is 35.5. The molecule has 1 unspecified atom stereocenters. The molecule has 1 aromatic carbocycles. The smallest absolute Gasteiger partial charge is 0.243 e. The predicted molar refractivity (Wildman–Crippen MR) is 107 cm³/mol. The molecular weight excluding hydrogens is 388 g/mol. The summed E-state index contributed by atoms with van der Waals surface area (Å²) < 4.78 is 27.8. The standard InChI is InChI=1S/C18H26N4O3S.ClH/c1-14(23)22-9-4-15-12-17(2-3-18(15)22)26(24,25)21-8-5-16(13-21)20-10-6-19-7-11-20;/h2-3,12,16,19H,4-11,13H2,1H3;1H. The predicted octanol–water partition coefficient (Wildman–Crippen LogP) is 0.686. The second-order valence-corrected chi connectivity index (χ2v) is 9.24. The van der Waals surface area contributed by atoms with E-state index in [0.717, 1.165) is 43.9 Å². The van der Waals surface area contributed by atoms with Gasteiger partial charge in [0.15, 0.2) is 0 Å². The lowest BCUT2D eigenvalue weighted by atomic mass is 10.2. The van der Waals surface area contributed by atoms with Crippen LogP contribution in [0.15, 0.2) is 23.1 Å². The topological polar surface area (TPSA) is 73.0 Å². The van der Waals surface area contributed by atoms with Crippen LogP contribution >= 0.6 is 12.4 Å². The third kappa shape index (κ3) is 3.86. The molecule has 27 heavy (non-hydrogen) atoms. The van der Waals surface area contributed by atoms with Crippen LogP contribution in [0.25, 0.3) is 0 Å². The second-order valence-electron chi connectivity index (χ2n) is 7.30. The zero-order valence-corrected chi connectivity index (χ0v) is 17.2. The first-order valence-corrected chi connectivity index (χ1v) is 10.8. The highest BCUT2D eigenvalue weighted by Gasteiger charge is 2.36. The first-order chi connectivity index (χ1) is 12.5. The first-order valence-electron chi connectivity index (χ1n) is 9.33. The van der Waals surface area contributed by atoms with Crippen molar-refractivity contribution >= 4 is 34.0 Å². The number of carbonyl (C=O) groups excluding carboxylic acids is 1. The number of carbonyl (C=O) groups is 1. The number of anilines is 1. The van der Waals surface area contributed by atoms with Crippen molar-refractivity contribution in [3.8, 4) is 0 Å². The summed E-state index contributed by atoms with van der Waals surface area (Å²) >= 11 is 0. The molecule has 1 atom stereocenters. The highest BCUT2D eigenvalue weighted by Crippen LogP contribution is 2.32. The molecule has 1 amide bonds. The summed E-state index contributed by atoms with van der Waals surface area (Å²) in [7, 11) is -3.48. The van der Waals surface area contributed by atoms with Crippen LogP contribution in [0.5, 0.6) is 0 Å². The molecule has 0 spiro atoms. The number of nitrogens with zero attached hydrogens (tertiary/aromatic N) is 3. The number of nitrogens with one attached hydrogen (secondary N) is 1. The van der Waals surface area contributed by atoms with Crippen LogP contribution in [0.1, 0.15) is 18.9 Å². The van der Waals surface area contributed by atoms with Crippen LogP contribution in [-0.2, 0) is 21.2 Å². The third-order valence-electron chi connectivity index (χ3n) is 5.76. The zero-order valence-electron chi connectivity index (χ0n) is 15.6. The van der Waals surface area contributed by atoms with Gasteiger partial charge in [-0.1, -0.05) is 0 Å². The molecule has 0 bridgehead atoms. The van der Waals surface area contributed by atoms with Gasteiger partial charge in [0.2, 0.25) is 15.9 Å². The molecular formula is C18H27ClN4O3S. The molecule has 3 heterocycles. The molecule has 0 aromatic heterocycles. The Morgan fingerprint density at radius 3 is 2.59 bits per heavy atom. The molecule has 0 aliphatic carbocycles. The maximum Gasteiger partial charge on any atom is 0.243 e. The van der Waals surface area contributed by atoms with Crippen LogP contribution in [-0.4, -0.2) is 75.4 Å². The maximum absolute atomic E-state index is 13.1. The number of sulfonamides is 1. The second kappa shape index (κ2) is 8.05. The van der Waals surface area contributed by atoms with Crippen molar-refractivity contribution in [1.82, 2.24) is 14.5 Å². The molecule has 9 heteroatoms. The van der Waals surface area contributed by atoms with E-state index in [1.807, 2.05) is 0 Å². The van der Waals surface area contributed by atoms with E-state index >= 15 is 0 Å². The number of amides is 1. The summed E-state index contributed by atoms with van der Waals surface area (Å²) in [6, 6.07) is 5.49. The molecule has 4 rings (SSSR count). The van der Waals surface area contributed by atoms with Gasteiger partial charge in [0.05, 0.1) is 4.90 Å². The summed E-state index contributed by atoms with van der Waals surface area (Å²) in [5, 5.41) is 3.34. The molecule has 1 aromatic rings. The molecule has 0 saturated carbocycles. The van der Waals surface area contributed by atoms with E-state index in [-0.39, 0.29) is 18.3 Å². The van der Waals surface area contributed by atoms with Gasteiger partial charge in [-0.3, -0.25) is 9.69 Å². The highest BCUT2D eigenvalue weighted by molar-refractivity contribution is 7.89. The summed E-state index contributed by atoms with van der Waals surface area (Å²) in [6.45, 7) is 7.23. The van der Waals surface area contributed by atoms with E-state index in [9.17, 15) is 13.2 Å². The minimum absolute atomic E-state index is 0. The summed E-state index contributed by atoms with van der Waals surface area (Å²) in [4.78, 5) is 16.1. The van der Waals surface area contributed by atoms with Crippen LogP contribution in [0.3, 0.4) is 0 Å². The normalized spacial score (nSPS) is 23.9. The minimum Gasteiger partial charge on any atom is -0.314 e. The minimum atomic E-state index is -3.48. The lowest BCUT2D eigenvalue weighted by Crippen LogP contribution is -2.49. The maximum atomic E-state index is 13.1. The number of hydrogen-bond acceptors (Lipinski definition) is 5. The van der Waals surface area contributed by atoms with Gasteiger partial charge >= 0.3 is 0 Å². The fraction of sp³-hybridized carbons (Fsp3) is 0.611. The quantitative estimate of drug-likeness (QED) is 0.787. The molecule has 1 N–H and O–H groups in total. The molecule has 2 fully saturated rings. The van der Waals surface area contributed by atoms with Gasteiger partial charge in [-0.05, 0) is 36.6 Å². The number of piperazine rings is 1. The Hall–Kier alpha value is -1.19. The van der Waals surface area contributed by atoms with E-state index in [2.05, 4.69) is 10.2 Å². The van der Waals surface area contributed by atoms with E-state index in [1.165, 1.54) is 0 Å². The Labute approximate surface area is 167 Å². The number of fused-ring (bicyclic) bond motifs is 1. The Kier molecular flexibility index (Phi) is 6.12. The van der Waals surface area contributed by atoms with Gasteiger partial charge in [0.1, 0.15) is 0 Å². The monoisotopic (exact) mass is 414 g/mol. The van der Waals surface area contributed by atoms with Crippen molar-refractivity contribution in [3.63, 3.8) is 0 Å². The van der Waals surface area contributed by atoms with Crippen molar-refractivity contribution in [3.05, 3.63) is 23.8 Å². The molecule has 3 aliphatic rings. The average Bonchev–Trinajstić information content (AvgIpc) is 3.29. The number of rotatable bonds is 3. The van der Waals surface area contributed by atoms with Crippen molar-refractivity contribution < 1.29 is 13.2 Å². The van der Waals surface area contributed by atoms with Crippen LogP contribution in [0.4, 0.5) is 5.69 Å². The van der Waals surface area contributed by atoms with Gasteiger partial charge in [0, 0.05) is 64.5 Å². The fourth-order valence-electron chi connectivity index (χ4n) is 4.29. The van der Waals surface area contributed by atoms with E-state index < -0.39 is 10.0 Å². The van der Waals surface area contributed by atoms with Crippen molar-refractivity contribution in [2.75, 3.05) is 50.7 Å². The van der Waals surface area contributed by atoms with Crippen LogP contribution in [0.2, 0.25) is 0 Å². The first kappa shape index (κ1) is 20.5. The van der Waals surface area contributed by atoms with Crippen molar-refractivity contribution in [1.29, 1.82) is 0 Å². The van der Waals surface area contributed by atoms with Gasteiger partial charge < -0.3 is 10.2 Å². The summed E-state index contributed by atoms with van der Waals surface area (Å²) in [6.07, 6.45) is 1.60. The van der Waals surface area contributed by atoms with Crippen LogP contribution in [0, 0.1) is 0 Å². The van der Waals surface area contributed by atoms with Gasteiger partial charge in [0.25, 0.3) is 0 Å². The van der Waals surface area contributed by atoms with Gasteiger partial charge in [-0.15, -0.1) is 12.4 Å². The molecule has 7 nitrogen and oxygen atoms in total. The zero-order chi connectivity index (χ0) is 18.3. The number of hydrogen-bond donors (Lipinski definition) is 1. The van der Waals surface area contributed by atoms with Crippen molar-refractivity contribution in [2.45, 2.75) is 30.7 Å².